The minimum Gasteiger partial charge on any atom is -0.358 e. The summed E-state index contributed by atoms with van der Waals surface area (Å²) in [6.07, 6.45) is 5.53. The predicted octanol–water partition coefficient (Wildman–Crippen LogP) is 2.09. The van der Waals surface area contributed by atoms with E-state index in [0.29, 0.717) is 4.88 Å². The molecule has 0 aliphatic heterocycles. The van der Waals surface area contributed by atoms with Crippen LogP contribution in [0, 0.1) is 17.2 Å². The summed E-state index contributed by atoms with van der Waals surface area (Å²) in [5.41, 5.74) is 1.22. The SMILES string of the molecule is CNC(=O)C(C#N)C(=O)c1cc2c(s1)CCCCC2. The molecule has 1 aliphatic rings. The molecule has 1 N–H and O–H groups in total. The quantitative estimate of drug-likeness (QED) is 0.522. The van der Waals surface area contributed by atoms with Crippen molar-refractivity contribution in [2.24, 2.45) is 5.92 Å². The molecule has 0 bridgehead atoms. The Morgan fingerprint density at radius 3 is 2.79 bits per heavy atom. The van der Waals surface area contributed by atoms with Crippen molar-refractivity contribution < 1.29 is 9.59 Å². The first kappa shape index (κ1) is 13.8. The fourth-order valence-electron chi connectivity index (χ4n) is 2.31. The monoisotopic (exact) mass is 276 g/mol. The topological polar surface area (TPSA) is 70.0 Å². The Hall–Kier alpha value is -1.67. The molecule has 0 spiro atoms. The molecule has 1 aromatic rings. The van der Waals surface area contributed by atoms with E-state index in [4.69, 9.17) is 5.26 Å². The molecular formula is C14H16N2O2S. The minimum atomic E-state index is -1.23. The van der Waals surface area contributed by atoms with Crippen LogP contribution >= 0.6 is 11.3 Å². The molecule has 0 saturated heterocycles. The molecule has 100 valence electrons. The number of hydrogen-bond acceptors (Lipinski definition) is 4. The standard InChI is InChI=1S/C14H16N2O2S/c1-16-14(18)10(8-15)13(17)12-7-9-5-3-2-4-6-11(9)19-12/h7,10H,2-6H2,1H3,(H,16,18). The summed E-state index contributed by atoms with van der Waals surface area (Å²) >= 11 is 1.45. The maximum atomic E-state index is 12.2. The summed E-state index contributed by atoms with van der Waals surface area (Å²) in [4.78, 5) is 25.5. The van der Waals surface area contributed by atoms with Crippen LogP contribution in [0.15, 0.2) is 6.07 Å². The van der Waals surface area contributed by atoms with Crippen LogP contribution in [-0.4, -0.2) is 18.7 Å². The first-order valence-corrected chi connectivity index (χ1v) is 7.26. The van der Waals surface area contributed by atoms with Crippen LogP contribution in [0.25, 0.3) is 0 Å². The lowest BCUT2D eigenvalue weighted by molar-refractivity contribution is -0.121. The van der Waals surface area contributed by atoms with E-state index >= 15 is 0 Å². The van der Waals surface area contributed by atoms with Gasteiger partial charge in [-0.3, -0.25) is 9.59 Å². The minimum absolute atomic E-state index is 0.375. The molecule has 4 nitrogen and oxygen atoms in total. The molecule has 0 fully saturated rings. The van der Waals surface area contributed by atoms with Gasteiger partial charge >= 0.3 is 0 Å². The van der Waals surface area contributed by atoms with Crippen LogP contribution in [0.2, 0.25) is 0 Å². The fraction of sp³-hybridized carbons (Fsp3) is 0.500. The van der Waals surface area contributed by atoms with Gasteiger partial charge in [0.05, 0.1) is 10.9 Å². The Kier molecular flexibility index (Phi) is 4.33. The number of ketones is 1. The lowest BCUT2D eigenvalue weighted by atomic mass is 10.0. The Balaban J connectivity index is 2.25. The van der Waals surface area contributed by atoms with E-state index in [-0.39, 0.29) is 5.78 Å². The first-order valence-electron chi connectivity index (χ1n) is 6.44. The van der Waals surface area contributed by atoms with Gasteiger partial charge in [-0.25, -0.2) is 0 Å². The second kappa shape index (κ2) is 5.98. The highest BCUT2D eigenvalue weighted by molar-refractivity contribution is 7.14. The van der Waals surface area contributed by atoms with Gasteiger partial charge in [0, 0.05) is 11.9 Å². The number of thiophene rings is 1. The van der Waals surface area contributed by atoms with Crippen molar-refractivity contribution in [3.63, 3.8) is 0 Å². The van der Waals surface area contributed by atoms with E-state index in [9.17, 15) is 9.59 Å². The van der Waals surface area contributed by atoms with Gasteiger partial charge in [-0.05, 0) is 37.3 Å². The van der Waals surface area contributed by atoms with E-state index in [2.05, 4.69) is 5.32 Å². The highest BCUT2D eigenvalue weighted by atomic mass is 32.1. The molecule has 1 aromatic heterocycles. The number of carbonyl (C=O) groups excluding carboxylic acids is 2. The number of nitrogens with zero attached hydrogens (tertiary/aromatic N) is 1. The van der Waals surface area contributed by atoms with Gasteiger partial charge in [0.2, 0.25) is 5.91 Å². The predicted molar refractivity (Wildman–Crippen MR) is 73.1 cm³/mol. The smallest absolute Gasteiger partial charge is 0.245 e. The Morgan fingerprint density at radius 2 is 2.11 bits per heavy atom. The maximum Gasteiger partial charge on any atom is 0.245 e. The van der Waals surface area contributed by atoms with Gasteiger partial charge in [0.15, 0.2) is 11.7 Å². The number of nitrogens with one attached hydrogen (secondary N) is 1. The number of nitriles is 1. The second-order valence-corrected chi connectivity index (χ2v) is 5.80. The van der Waals surface area contributed by atoms with Gasteiger partial charge in [-0.15, -0.1) is 11.3 Å². The van der Waals surface area contributed by atoms with Gasteiger partial charge < -0.3 is 5.32 Å². The zero-order valence-corrected chi connectivity index (χ0v) is 11.7. The third-order valence-electron chi connectivity index (χ3n) is 3.39. The molecule has 2 rings (SSSR count). The average Bonchev–Trinajstić information content (AvgIpc) is 2.70. The van der Waals surface area contributed by atoms with E-state index in [1.165, 1.54) is 35.2 Å². The molecule has 1 atom stereocenters. The Labute approximate surface area is 116 Å². The van der Waals surface area contributed by atoms with Crippen molar-refractivity contribution in [3.05, 3.63) is 21.4 Å². The summed E-state index contributed by atoms with van der Waals surface area (Å²) < 4.78 is 0. The van der Waals surface area contributed by atoms with E-state index in [1.54, 1.807) is 6.07 Å². The van der Waals surface area contributed by atoms with Gasteiger partial charge in [0.1, 0.15) is 0 Å². The number of hydrogen-bond donors (Lipinski definition) is 1. The van der Waals surface area contributed by atoms with Crippen molar-refractivity contribution in [2.45, 2.75) is 32.1 Å². The van der Waals surface area contributed by atoms with Crippen molar-refractivity contribution in [3.8, 4) is 6.07 Å². The molecule has 1 amide bonds. The zero-order valence-electron chi connectivity index (χ0n) is 10.9. The van der Waals surface area contributed by atoms with Crippen LogP contribution in [0.4, 0.5) is 0 Å². The van der Waals surface area contributed by atoms with Crippen molar-refractivity contribution in [1.29, 1.82) is 5.26 Å². The molecule has 0 saturated carbocycles. The van der Waals surface area contributed by atoms with Crippen LogP contribution in [0.3, 0.4) is 0 Å². The second-order valence-electron chi connectivity index (χ2n) is 4.66. The van der Waals surface area contributed by atoms with Crippen LogP contribution in [-0.2, 0) is 17.6 Å². The molecular weight excluding hydrogens is 260 g/mol. The van der Waals surface area contributed by atoms with Gasteiger partial charge in [0.25, 0.3) is 0 Å². The number of rotatable bonds is 3. The summed E-state index contributed by atoms with van der Waals surface area (Å²) in [7, 11) is 1.43. The summed E-state index contributed by atoms with van der Waals surface area (Å²) in [5.74, 6) is -2.14. The van der Waals surface area contributed by atoms with Crippen LogP contribution in [0.1, 0.15) is 39.4 Å². The van der Waals surface area contributed by atoms with E-state index in [1.807, 2.05) is 6.07 Å². The number of carbonyl (C=O) groups is 2. The van der Waals surface area contributed by atoms with Crippen molar-refractivity contribution in [2.75, 3.05) is 7.05 Å². The van der Waals surface area contributed by atoms with E-state index in [0.717, 1.165) is 25.7 Å². The van der Waals surface area contributed by atoms with Crippen LogP contribution < -0.4 is 5.32 Å². The molecule has 1 heterocycles. The number of aryl methyl sites for hydroxylation is 2. The molecule has 5 heteroatoms. The zero-order chi connectivity index (χ0) is 13.8. The third-order valence-corrected chi connectivity index (χ3v) is 4.64. The Morgan fingerprint density at radius 1 is 1.37 bits per heavy atom. The van der Waals surface area contributed by atoms with Gasteiger partial charge in [-0.2, -0.15) is 5.26 Å². The van der Waals surface area contributed by atoms with Crippen molar-refractivity contribution in [1.82, 2.24) is 5.32 Å². The summed E-state index contributed by atoms with van der Waals surface area (Å²) in [6.45, 7) is 0. The Bertz CT molecular complexity index is 519. The highest BCUT2D eigenvalue weighted by Crippen LogP contribution is 2.30. The highest BCUT2D eigenvalue weighted by Gasteiger charge is 2.28. The summed E-state index contributed by atoms with van der Waals surface area (Å²) in [6, 6.07) is 3.66. The number of amides is 1. The number of Topliss-reactive ketones (excluding diaryl/α,β-unsaturated/α-hetero) is 1. The maximum absolute atomic E-state index is 12.2. The largest absolute Gasteiger partial charge is 0.358 e. The third kappa shape index (κ3) is 2.85. The van der Waals surface area contributed by atoms with E-state index < -0.39 is 11.8 Å². The normalized spacial score (nSPS) is 15.8. The molecule has 0 aromatic carbocycles. The first-order chi connectivity index (χ1) is 9.17. The molecule has 1 unspecified atom stereocenters. The van der Waals surface area contributed by atoms with Crippen molar-refractivity contribution >= 4 is 23.0 Å². The lowest BCUT2D eigenvalue weighted by Crippen LogP contribution is -2.31. The molecule has 1 aliphatic carbocycles. The molecule has 19 heavy (non-hydrogen) atoms. The van der Waals surface area contributed by atoms with Crippen LogP contribution in [0.5, 0.6) is 0 Å². The molecule has 0 radical (unpaired) electrons. The lowest BCUT2D eigenvalue weighted by Gasteiger charge is -2.04. The number of fused-ring (bicyclic) bond motifs is 1. The van der Waals surface area contributed by atoms with Gasteiger partial charge in [-0.1, -0.05) is 6.42 Å². The average molecular weight is 276 g/mol. The fourth-order valence-corrected chi connectivity index (χ4v) is 3.54. The summed E-state index contributed by atoms with van der Waals surface area (Å²) in [5, 5.41) is 11.3.